The molecule has 1 aromatic rings. The molecule has 7 nitrogen and oxygen atoms in total. The summed E-state index contributed by atoms with van der Waals surface area (Å²) in [5.41, 5.74) is 0.100. The molecule has 2 N–H and O–H groups in total. The highest BCUT2D eigenvalue weighted by molar-refractivity contribution is 5.92. The largest absolute Gasteiger partial charge is 0.573 e. The Bertz CT molecular complexity index is 724. The number of carbonyl (C=O) groups is 2. The number of benzene rings is 1. The van der Waals surface area contributed by atoms with Crippen LogP contribution in [0.15, 0.2) is 24.3 Å². The number of alkyl halides is 3. The Morgan fingerprint density at radius 1 is 1.07 bits per heavy atom. The fourth-order valence-corrected chi connectivity index (χ4v) is 3.09. The maximum Gasteiger partial charge on any atom is 0.573 e. The molecule has 30 heavy (non-hydrogen) atoms. The lowest BCUT2D eigenvalue weighted by molar-refractivity contribution is -0.274. The summed E-state index contributed by atoms with van der Waals surface area (Å²) in [5, 5.41) is 5.64. The number of carbonyl (C=O) groups excluding carboxylic acids is 2. The Morgan fingerprint density at radius 2 is 1.63 bits per heavy atom. The van der Waals surface area contributed by atoms with Crippen LogP contribution in [0.4, 0.5) is 18.9 Å². The van der Waals surface area contributed by atoms with Crippen LogP contribution in [0.25, 0.3) is 0 Å². The minimum atomic E-state index is -4.75. The smallest absolute Gasteiger partial charge is 0.406 e. The van der Waals surface area contributed by atoms with Crippen LogP contribution >= 0.6 is 0 Å². The van der Waals surface area contributed by atoms with E-state index >= 15 is 0 Å². The van der Waals surface area contributed by atoms with Crippen molar-refractivity contribution in [3.8, 4) is 5.75 Å². The fraction of sp³-hybridized carbons (Fsp3) is 0.600. The first kappa shape index (κ1) is 23.9. The molecule has 0 aliphatic carbocycles. The molecular formula is C20H29F3N4O3. The first-order valence-electron chi connectivity index (χ1n) is 9.76. The monoisotopic (exact) mass is 430 g/mol. The number of hydrogen-bond donors (Lipinski definition) is 2. The minimum absolute atomic E-state index is 0.0216. The van der Waals surface area contributed by atoms with Gasteiger partial charge in [0.15, 0.2) is 0 Å². The lowest BCUT2D eigenvalue weighted by atomic mass is 10.1. The zero-order valence-electron chi connectivity index (χ0n) is 17.7. The summed E-state index contributed by atoms with van der Waals surface area (Å²) in [6.07, 6.45) is -4.75. The highest BCUT2D eigenvalue weighted by Gasteiger charge is 2.31. The first-order valence-corrected chi connectivity index (χ1v) is 9.76. The summed E-state index contributed by atoms with van der Waals surface area (Å²) in [7, 11) is 0. The van der Waals surface area contributed by atoms with Crippen molar-refractivity contribution in [3.05, 3.63) is 24.3 Å². The van der Waals surface area contributed by atoms with Crippen molar-refractivity contribution in [2.24, 2.45) is 0 Å². The van der Waals surface area contributed by atoms with E-state index in [9.17, 15) is 22.8 Å². The average Bonchev–Trinajstić information content (AvgIpc) is 2.60. The second-order valence-electron chi connectivity index (χ2n) is 8.35. The molecule has 10 heteroatoms. The number of amides is 2. The van der Waals surface area contributed by atoms with E-state index in [1.54, 1.807) is 0 Å². The lowest BCUT2D eigenvalue weighted by Gasteiger charge is -2.38. The summed E-state index contributed by atoms with van der Waals surface area (Å²) >= 11 is 0. The van der Waals surface area contributed by atoms with Crippen molar-refractivity contribution in [1.82, 2.24) is 15.1 Å². The van der Waals surface area contributed by atoms with Crippen molar-refractivity contribution in [2.45, 2.75) is 45.6 Å². The Labute approximate surface area is 174 Å². The van der Waals surface area contributed by atoms with E-state index in [-0.39, 0.29) is 35.7 Å². The molecule has 1 unspecified atom stereocenters. The summed E-state index contributed by atoms with van der Waals surface area (Å²) in [6.45, 7) is 10.4. The van der Waals surface area contributed by atoms with Crippen LogP contribution in [-0.2, 0) is 9.59 Å². The van der Waals surface area contributed by atoms with Gasteiger partial charge < -0.3 is 15.4 Å². The summed E-state index contributed by atoms with van der Waals surface area (Å²) in [6, 6.07) is 4.74. The molecular weight excluding hydrogens is 401 g/mol. The van der Waals surface area contributed by atoms with Crippen LogP contribution in [0.3, 0.4) is 0 Å². The van der Waals surface area contributed by atoms with Crippen molar-refractivity contribution < 1.29 is 27.5 Å². The van der Waals surface area contributed by atoms with Gasteiger partial charge in [-0.2, -0.15) is 0 Å². The number of halogens is 3. The molecule has 2 rings (SSSR count). The number of hydrogen-bond acceptors (Lipinski definition) is 5. The van der Waals surface area contributed by atoms with Gasteiger partial charge >= 0.3 is 6.36 Å². The highest BCUT2D eigenvalue weighted by Crippen LogP contribution is 2.24. The van der Waals surface area contributed by atoms with E-state index in [0.29, 0.717) is 31.9 Å². The Balaban J connectivity index is 1.77. The van der Waals surface area contributed by atoms with Crippen molar-refractivity contribution in [1.29, 1.82) is 0 Å². The van der Waals surface area contributed by atoms with Crippen LogP contribution in [0, 0.1) is 0 Å². The highest BCUT2D eigenvalue weighted by atomic mass is 19.4. The summed E-state index contributed by atoms with van der Waals surface area (Å²) in [5.74, 6) is -0.626. The van der Waals surface area contributed by atoms with E-state index in [1.807, 2.05) is 32.6 Å². The van der Waals surface area contributed by atoms with Gasteiger partial charge in [0.25, 0.3) is 0 Å². The van der Waals surface area contributed by atoms with Gasteiger partial charge in [0.2, 0.25) is 11.8 Å². The van der Waals surface area contributed by atoms with Gasteiger partial charge in [-0.05, 0) is 52.0 Å². The lowest BCUT2D eigenvalue weighted by Crippen LogP contribution is -2.56. The number of rotatable bonds is 6. The Kier molecular flexibility index (Phi) is 7.70. The van der Waals surface area contributed by atoms with E-state index in [1.165, 1.54) is 12.1 Å². The molecule has 1 aliphatic heterocycles. The molecule has 1 aromatic carbocycles. The van der Waals surface area contributed by atoms with Crippen LogP contribution in [-0.4, -0.2) is 72.3 Å². The standard InChI is InChI=1S/C20H29F3N4O3/c1-14(18(29)25-19(2,3)4)27-11-9-26(10-12-27)13-17(28)24-15-5-7-16(8-6-15)30-20(21,22)23/h5-8,14H,9-13H2,1-4H3,(H,24,28)(H,25,29). The molecule has 0 radical (unpaired) electrons. The molecule has 2 amide bonds. The molecule has 0 spiro atoms. The topological polar surface area (TPSA) is 73.9 Å². The zero-order valence-corrected chi connectivity index (χ0v) is 17.7. The third kappa shape index (κ3) is 8.19. The van der Waals surface area contributed by atoms with Crippen molar-refractivity contribution >= 4 is 17.5 Å². The molecule has 1 heterocycles. The van der Waals surface area contributed by atoms with Crippen LogP contribution in [0.1, 0.15) is 27.7 Å². The molecule has 168 valence electrons. The Morgan fingerprint density at radius 3 is 2.13 bits per heavy atom. The number of nitrogens with one attached hydrogen (secondary N) is 2. The molecule has 0 aromatic heterocycles. The fourth-order valence-electron chi connectivity index (χ4n) is 3.09. The van der Waals surface area contributed by atoms with Gasteiger partial charge in [0.05, 0.1) is 12.6 Å². The SMILES string of the molecule is CC(C(=O)NC(C)(C)C)N1CCN(CC(=O)Nc2ccc(OC(F)(F)F)cc2)CC1. The second kappa shape index (κ2) is 9.65. The van der Waals surface area contributed by atoms with Crippen LogP contribution in [0.5, 0.6) is 5.75 Å². The first-order chi connectivity index (χ1) is 13.8. The van der Waals surface area contributed by atoms with Gasteiger partial charge in [-0.3, -0.25) is 19.4 Å². The number of piperazine rings is 1. The summed E-state index contributed by atoms with van der Waals surface area (Å²) in [4.78, 5) is 28.6. The van der Waals surface area contributed by atoms with E-state index < -0.39 is 6.36 Å². The van der Waals surface area contributed by atoms with Gasteiger partial charge in [-0.1, -0.05) is 0 Å². The minimum Gasteiger partial charge on any atom is -0.406 e. The van der Waals surface area contributed by atoms with Crippen molar-refractivity contribution in [2.75, 3.05) is 38.0 Å². The van der Waals surface area contributed by atoms with Gasteiger partial charge in [0, 0.05) is 37.4 Å². The molecule has 0 bridgehead atoms. The molecule has 1 aliphatic rings. The van der Waals surface area contributed by atoms with Gasteiger partial charge in [-0.15, -0.1) is 13.2 Å². The molecule has 1 saturated heterocycles. The predicted molar refractivity (Wildman–Crippen MR) is 107 cm³/mol. The van der Waals surface area contributed by atoms with E-state index in [4.69, 9.17) is 0 Å². The number of nitrogens with zero attached hydrogens (tertiary/aromatic N) is 2. The molecule has 0 saturated carbocycles. The maximum atomic E-state index is 12.3. The predicted octanol–water partition coefficient (Wildman–Crippen LogP) is 2.44. The number of ether oxygens (including phenoxy) is 1. The van der Waals surface area contributed by atoms with Crippen molar-refractivity contribution in [3.63, 3.8) is 0 Å². The van der Waals surface area contributed by atoms with Crippen LogP contribution in [0.2, 0.25) is 0 Å². The third-order valence-corrected chi connectivity index (χ3v) is 4.57. The number of anilines is 1. The van der Waals surface area contributed by atoms with E-state index in [0.717, 1.165) is 12.1 Å². The zero-order chi connectivity index (χ0) is 22.5. The molecule has 1 atom stereocenters. The van der Waals surface area contributed by atoms with Gasteiger partial charge in [0.1, 0.15) is 5.75 Å². The normalized spacial score (nSPS) is 17.3. The quantitative estimate of drug-likeness (QED) is 0.725. The maximum absolute atomic E-state index is 12.3. The van der Waals surface area contributed by atoms with Crippen LogP contribution < -0.4 is 15.4 Å². The van der Waals surface area contributed by atoms with E-state index in [2.05, 4.69) is 20.3 Å². The average molecular weight is 430 g/mol. The second-order valence-corrected chi connectivity index (χ2v) is 8.35. The Hall–Kier alpha value is -2.33. The third-order valence-electron chi connectivity index (χ3n) is 4.57. The molecule has 1 fully saturated rings. The van der Waals surface area contributed by atoms with Gasteiger partial charge in [-0.25, -0.2) is 0 Å². The summed E-state index contributed by atoms with van der Waals surface area (Å²) < 4.78 is 40.4.